The normalized spacial score (nSPS) is 12.1. The molecule has 0 spiro atoms. The van der Waals surface area contributed by atoms with Gasteiger partial charge in [0.05, 0.1) is 23.4 Å². The number of aromatic nitrogens is 1. The molecule has 2 N–H and O–H groups in total. The molecule has 1 heterocycles. The number of rotatable bonds is 8. The third-order valence-corrected chi connectivity index (χ3v) is 5.80. The zero-order chi connectivity index (χ0) is 27.3. The van der Waals surface area contributed by atoms with E-state index in [-0.39, 0.29) is 49.1 Å². The van der Waals surface area contributed by atoms with Gasteiger partial charge >= 0.3 is 18.2 Å². The molecule has 0 fully saturated rings. The molecule has 0 bridgehead atoms. The van der Waals surface area contributed by atoms with Gasteiger partial charge in [-0.1, -0.05) is 11.6 Å². The molecule has 38 heavy (non-hydrogen) atoms. The Morgan fingerprint density at radius 1 is 1.08 bits per heavy atom. The number of nitrogens with zero attached hydrogens (tertiary/aromatic N) is 2. The molecule has 0 saturated heterocycles. The number of carbonyl (C=O) groups excluding carboxylic acids is 3. The number of nitrogens with one attached hydrogen (secondary N) is 2. The number of hydrogen-bond acceptors (Lipinski definition) is 5. The molecule has 2 aromatic carbocycles. The van der Waals surface area contributed by atoms with Crippen molar-refractivity contribution in [1.29, 1.82) is 0 Å². The number of fused-ring (bicyclic) bond motifs is 1. The molecule has 1 atom stereocenters. The first-order valence-electron chi connectivity index (χ1n) is 11.3. The second-order valence-corrected chi connectivity index (χ2v) is 8.83. The van der Waals surface area contributed by atoms with Gasteiger partial charge in [-0.25, -0.2) is 4.79 Å². The molecular formula is C25H27Cl2F3N4O4. The Morgan fingerprint density at radius 2 is 1.74 bits per heavy atom. The fraction of sp³-hybridized carbons (Fsp3) is 0.320. The van der Waals surface area contributed by atoms with Crippen molar-refractivity contribution < 1.29 is 32.3 Å². The van der Waals surface area contributed by atoms with Gasteiger partial charge in [-0.3, -0.25) is 19.1 Å². The topological polar surface area (TPSA) is 92.7 Å². The van der Waals surface area contributed by atoms with Crippen LogP contribution in [0, 0.1) is 0 Å². The number of ether oxygens (including phenoxy) is 1. The van der Waals surface area contributed by atoms with Gasteiger partial charge in [0.15, 0.2) is 0 Å². The Kier molecular flexibility index (Phi) is 10.6. The smallest absolute Gasteiger partial charge is 0.416 e. The summed E-state index contributed by atoms with van der Waals surface area (Å²) in [5.41, 5.74) is 0.0627. The number of alkyl halides is 3. The maximum Gasteiger partial charge on any atom is 0.416 e. The second kappa shape index (κ2) is 13.0. The number of urea groups is 1. The molecule has 13 heteroatoms. The highest BCUT2D eigenvalue weighted by molar-refractivity contribution is 6.31. The van der Waals surface area contributed by atoms with Crippen molar-refractivity contribution in [2.75, 3.05) is 31.3 Å². The lowest BCUT2D eigenvalue weighted by Crippen LogP contribution is -2.37. The number of anilines is 2. The summed E-state index contributed by atoms with van der Waals surface area (Å²) in [4.78, 5) is 39.6. The van der Waals surface area contributed by atoms with Crippen LogP contribution in [0.15, 0.2) is 48.7 Å². The van der Waals surface area contributed by atoms with E-state index in [4.69, 9.17) is 16.3 Å². The van der Waals surface area contributed by atoms with E-state index in [0.29, 0.717) is 15.9 Å². The lowest BCUT2D eigenvalue weighted by molar-refractivity contribution is -0.148. The first-order chi connectivity index (χ1) is 17.4. The van der Waals surface area contributed by atoms with E-state index in [1.54, 1.807) is 44.1 Å². The summed E-state index contributed by atoms with van der Waals surface area (Å²) in [5.74, 6) is -0.744. The number of esters is 1. The molecular weight excluding hydrogens is 548 g/mol. The lowest BCUT2D eigenvalue weighted by atomic mass is 10.1. The Hall–Kier alpha value is -3.28. The first-order valence-corrected chi connectivity index (χ1v) is 11.7. The van der Waals surface area contributed by atoms with Gasteiger partial charge in [-0.15, -0.1) is 12.4 Å². The van der Waals surface area contributed by atoms with E-state index < -0.39 is 29.8 Å². The van der Waals surface area contributed by atoms with E-state index >= 15 is 0 Å². The number of hydrogen-bond donors (Lipinski definition) is 2. The highest BCUT2D eigenvalue weighted by Gasteiger charge is 2.30. The maximum atomic E-state index is 13.1. The summed E-state index contributed by atoms with van der Waals surface area (Å²) in [5, 5.41) is 5.93. The van der Waals surface area contributed by atoms with Crippen molar-refractivity contribution in [3.8, 4) is 0 Å². The lowest BCUT2D eigenvalue weighted by Gasteiger charge is -2.22. The zero-order valence-electron chi connectivity index (χ0n) is 20.8. The van der Waals surface area contributed by atoms with E-state index in [2.05, 4.69) is 10.6 Å². The average Bonchev–Trinajstić information content (AvgIpc) is 3.16. The molecule has 0 aliphatic heterocycles. The minimum absolute atomic E-state index is 0. The fourth-order valence-corrected chi connectivity index (χ4v) is 3.91. The van der Waals surface area contributed by atoms with Gasteiger partial charge < -0.3 is 15.4 Å². The van der Waals surface area contributed by atoms with Crippen LogP contribution in [0.25, 0.3) is 10.9 Å². The van der Waals surface area contributed by atoms with Gasteiger partial charge in [0.2, 0.25) is 5.91 Å². The van der Waals surface area contributed by atoms with Crippen LogP contribution in [0.3, 0.4) is 0 Å². The summed E-state index contributed by atoms with van der Waals surface area (Å²) in [6.07, 6.45) is -2.82. The molecule has 0 aliphatic carbocycles. The van der Waals surface area contributed by atoms with Gasteiger partial charge in [0, 0.05) is 28.7 Å². The predicted molar refractivity (Wildman–Crippen MR) is 142 cm³/mol. The SMILES string of the molecule is CCOC(=O)C(CCC(=O)n1cc(NC(=O)Nc2ccc(C(F)(F)F)cc2)c2cc(Cl)ccc21)N(C)C.Cl. The molecule has 1 aromatic heterocycles. The molecule has 0 radical (unpaired) electrons. The van der Waals surface area contributed by atoms with Crippen molar-refractivity contribution in [3.05, 3.63) is 59.2 Å². The molecule has 3 aromatic rings. The summed E-state index contributed by atoms with van der Waals surface area (Å²) < 4.78 is 44.7. The number of halogens is 5. The van der Waals surface area contributed by atoms with Gasteiger partial charge in [-0.2, -0.15) is 13.2 Å². The first kappa shape index (κ1) is 30.9. The van der Waals surface area contributed by atoms with Crippen LogP contribution in [0.4, 0.5) is 29.3 Å². The van der Waals surface area contributed by atoms with E-state index in [1.165, 1.54) is 10.8 Å². The Bertz CT molecular complexity index is 1290. The number of likely N-dealkylation sites (N-methyl/N-ethyl adjacent to an activating group) is 1. The Balaban J connectivity index is 0.00000507. The third kappa shape index (κ3) is 7.62. The van der Waals surface area contributed by atoms with Gasteiger partial charge in [-0.05, 0) is 69.9 Å². The van der Waals surface area contributed by atoms with Crippen LogP contribution in [0.2, 0.25) is 5.02 Å². The quantitative estimate of drug-likeness (QED) is 0.308. The molecule has 0 aliphatic rings. The van der Waals surface area contributed by atoms with Crippen LogP contribution in [-0.2, 0) is 15.7 Å². The van der Waals surface area contributed by atoms with Crippen LogP contribution in [0.5, 0.6) is 0 Å². The number of carbonyl (C=O) groups is 3. The van der Waals surface area contributed by atoms with Crippen LogP contribution in [0.1, 0.15) is 30.1 Å². The largest absolute Gasteiger partial charge is 0.465 e. The molecule has 1 unspecified atom stereocenters. The third-order valence-electron chi connectivity index (χ3n) is 5.57. The Labute approximate surface area is 228 Å². The summed E-state index contributed by atoms with van der Waals surface area (Å²) in [7, 11) is 3.44. The monoisotopic (exact) mass is 574 g/mol. The minimum atomic E-state index is -4.49. The van der Waals surface area contributed by atoms with Crippen LogP contribution >= 0.6 is 24.0 Å². The van der Waals surface area contributed by atoms with Crippen molar-refractivity contribution >= 4 is 64.2 Å². The Morgan fingerprint density at radius 3 is 2.32 bits per heavy atom. The molecule has 206 valence electrons. The van der Waals surface area contributed by atoms with Crippen molar-refractivity contribution in [1.82, 2.24) is 9.47 Å². The van der Waals surface area contributed by atoms with E-state index in [0.717, 1.165) is 24.3 Å². The summed E-state index contributed by atoms with van der Waals surface area (Å²) in [6, 6.07) is 7.47. The zero-order valence-corrected chi connectivity index (χ0v) is 22.3. The van der Waals surface area contributed by atoms with Crippen LogP contribution in [-0.4, -0.2) is 54.1 Å². The standard InChI is InChI=1S/C25H26ClF3N4O4.ClH/c1-4-37-23(35)21(32(2)3)11-12-22(34)33-14-19(18-13-16(26)7-10-20(18)33)31-24(36)30-17-8-5-15(6-9-17)25(27,28)29;/h5-10,13-14,21H,4,11-12H2,1-3H3,(H2,30,31,36);1H. The predicted octanol–water partition coefficient (Wildman–Crippen LogP) is 6.29. The van der Waals surface area contributed by atoms with Gasteiger partial charge in [0.25, 0.3) is 0 Å². The summed E-state index contributed by atoms with van der Waals surface area (Å²) >= 11 is 6.13. The van der Waals surface area contributed by atoms with Crippen LogP contribution < -0.4 is 10.6 Å². The van der Waals surface area contributed by atoms with E-state index in [1.807, 2.05) is 0 Å². The average molecular weight is 575 g/mol. The molecule has 2 amide bonds. The second-order valence-electron chi connectivity index (χ2n) is 8.39. The minimum Gasteiger partial charge on any atom is -0.465 e. The fourth-order valence-electron chi connectivity index (χ4n) is 3.74. The molecule has 0 saturated carbocycles. The number of benzene rings is 2. The van der Waals surface area contributed by atoms with Crippen molar-refractivity contribution in [3.63, 3.8) is 0 Å². The highest BCUT2D eigenvalue weighted by Crippen LogP contribution is 2.31. The highest BCUT2D eigenvalue weighted by atomic mass is 35.5. The van der Waals surface area contributed by atoms with Crippen molar-refractivity contribution in [2.24, 2.45) is 0 Å². The number of amides is 2. The molecule has 3 rings (SSSR count). The summed E-state index contributed by atoms with van der Waals surface area (Å²) in [6.45, 7) is 1.93. The molecule has 8 nitrogen and oxygen atoms in total. The maximum absolute atomic E-state index is 13.1. The van der Waals surface area contributed by atoms with Gasteiger partial charge in [0.1, 0.15) is 6.04 Å². The van der Waals surface area contributed by atoms with Crippen molar-refractivity contribution in [2.45, 2.75) is 32.0 Å². The van der Waals surface area contributed by atoms with E-state index in [9.17, 15) is 27.6 Å².